The predicted molar refractivity (Wildman–Crippen MR) is 98.7 cm³/mol. The molecule has 0 spiro atoms. The Bertz CT molecular complexity index is 418. The molecule has 1 heterocycles. The molecule has 1 aromatic heterocycles. The molecule has 0 aliphatic rings. The van der Waals surface area contributed by atoms with Crippen molar-refractivity contribution in [2.45, 2.75) is 98.1 Å². The van der Waals surface area contributed by atoms with Crippen molar-refractivity contribution in [3.63, 3.8) is 0 Å². The molecule has 1 aromatic rings. The fourth-order valence-corrected chi connectivity index (χ4v) is 3.55. The molecule has 0 fully saturated rings. The zero-order valence-corrected chi connectivity index (χ0v) is 16.2. The first kappa shape index (κ1) is 20.2. The first-order valence-electron chi connectivity index (χ1n) is 9.62. The van der Waals surface area contributed by atoms with E-state index in [0.717, 1.165) is 6.42 Å². The van der Waals surface area contributed by atoms with E-state index in [1.165, 1.54) is 74.7 Å². The van der Waals surface area contributed by atoms with E-state index in [1.807, 2.05) is 7.11 Å². The summed E-state index contributed by atoms with van der Waals surface area (Å²) >= 11 is 0. The summed E-state index contributed by atoms with van der Waals surface area (Å²) in [5.74, 6) is 0. The van der Waals surface area contributed by atoms with Crippen LogP contribution in [0, 0.1) is 20.8 Å². The Morgan fingerprint density at radius 1 is 0.826 bits per heavy atom. The number of aryl methyl sites for hydroxylation is 3. The van der Waals surface area contributed by atoms with Crippen molar-refractivity contribution >= 4 is 0 Å². The lowest BCUT2D eigenvalue weighted by atomic mass is 10.1. The van der Waals surface area contributed by atoms with Crippen molar-refractivity contribution in [3.05, 3.63) is 29.1 Å². The number of pyridine rings is 1. The summed E-state index contributed by atoms with van der Waals surface area (Å²) < 4.78 is 8.12. The van der Waals surface area contributed by atoms with Gasteiger partial charge in [-0.15, -0.1) is 0 Å². The van der Waals surface area contributed by atoms with Crippen LogP contribution in [0.25, 0.3) is 0 Å². The minimum atomic E-state index is 0.181. The molecule has 0 radical (unpaired) electrons. The summed E-state index contributed by atoms with van der Waals surface area (Å²) in [6.07, 6.45) is 13.7. The molecular weight excluding hydrogens is 282 g/mol. The number of aromatic nitrogens is 1. The van der Waals surface area contributed by atoms with Crippen molar-refractivity contribution in [2.75, 3.05) is 7.11 Å². The van der Waals surface area contributed by atoms with Crippen molar-refractivity contribution in [1.29, 1.82) is 0 Å². The number of ether oxygens (including phenoxy) is 1. The molecule has 0 amide bonds. The maximum Gasteiger partial charge on any atom is 0.262 e. The van der Waals surface area contributed by atoms with Crippen molar-refractivity contribution < 1.29 is 9.30 Å². The zero-order chi connectivity index (χ0) is 17.1. The lowest BCUT2D eigenvalue weighted by Gasteiger charge is -2.15. The molecular formula is C21H38NO+. The third-order valence-corrected chi connectivity index (χ3v) is 4.75. The second kappa shape index (κ2) is 11.6. The summed E-state index contributed by atoms with van der Waals surface area (Å²) in [6, 6.07) is 4.49. The van der Waals surface area contributed by atoms with E-state index in [2.05, 4.69) is 44.4 Å². The molecule has 0 saturated heterocycles. The number of hydrogen-bond donors (Lipinski definition) is 0. The highest BCUT2D eigenvalue weighted by Crippen LogP contribution is 2.16. The fraction of sp³-hybridized carbons (Fsp3) is 0.762. The van der Waals surface area contributed by atoms with Crippen LogP contribution in [0.1, 0.15) is 94.3 Å². The van der Waals surface area contributed by atoms with Crippen LogP contribution in [0.2, 0.25) is 0 Å². The molecule has 1 unspecified atom stereocenters. The molecule has 2 nitrogen and oxygen atoms in total. The van der Waals surface area contributed by atoms with Gasteiger partial charge in [0.25, 0.3) is 6.23 Å². The highest BCUT2D eigenvalue weighted by atomic mass is 16.5. The molecule has 0 aliphatic heterocycles. The third-order valence-electron chi connectivity index (χ3n) is 4.75. The Labute approximate surface area is 144 Å². The Morgan fingerprint density at radius 2 is 1.30 bits per heavy atom. The molecule has 0 aromatic carbocycles. The van der Waals surface area contributed by atoms with Crippen LogP contribution in [0.5, 0.6) is 0 Å². The molecule has 0 N–H and O–H groups in total. The quantitative estimate of drug-likeness (QED) is 0.342. The summed E-state index contributed by atoms with van der Waals surface area (Å²) in [5.41, 5.74) is 3.92. The van der Waals surface area contributed by atoms with Gasteiger partial charge in [0.05, 0.1) is 0 Å². The Balaban J connectivity index is 2.30. The Morgan fingerprint density at radius 3 is 1.78 bits per heavy atom. The van der Waals surface area contributed by atoms with Gasteiger partial charge in [-0.05, 0) is 18.9 Å². The molecule has 0 saturated carbocycles. The van der Waals surface area contributed by atoms with Crippen LogP contribution in [-0.2, 0) is 4.74 Å². The lowest BCUT2D eigenvalue weighted by Crippen LogP contribution is -2.46. The molecule has 1 atom stereocenters. The van der Waals surface area contributed by atoms with Gasteiger partial charge in [0.15, 0.2) is 11.4 Å². The van der Waals surface area contributed by atoms with Crippen LogP contribution in [0.15, 0.2) is 12.1 Å². The van der Waals surface area contributed by atoms with Gasteiger partial charge in [0.1, 0.15) is 0 Å². The van der Waals surface area contributed by atoms with E-state index in [1.54, 1.807) is 0 Å². The Hall–Kier alpha value is -0.890. The van der Waals surface area contributed by atoms with E-state index in [9.17, 15) is 0 Å². The van der Waals surface area contributed by atoms with Gasteiger partial charge in [0.2, 0.25) is 0 Å². The van der Waals surface area contributed by atoms with Gasteiger partial charge >= 0.3 is 0 Å². The van der Waals surface area contributed by atoms with Gasteiger partial charge < -0.3 is 4.74 Å². The largest absolute Gasteiger partial charge is 0.324 e. The van der Waals surface area contributed by atoms with Gasteiger partial charge in [0, 0.05) is 39.5 Å². The van der Waals surface area contributed by atoms with Gasteiger partial charge in [-0.2, -0.15) is 4.57 Å². The van der Waals surface area contributed by atoms with Gasteiger partial charge in [-0.1, -0.05) is 58.3 Å². The Kier molecular flexibility index (Phi) is 10.2. The van der Waals surface area contributed by atoms with Crippen molar-refractivity contribution in [1.82, 2.24) is 0 Å². The first-order chi connectivity index (χ1) is 11.1. The van der Waals surface area contributed by atoms with Gasteiger partial charge in [-0.3, -0.25) is 0 Å². The van der Waals surface area contributed by atoms with E-state index >= 15 is 0 Å². The second-order valence-electron chi connectivity index (χ2n) is 6.99. The number of hydrogen-bond acceptors (Lipinski definition) is 1. The second-order valence-corrected chi connectivity index (χ2v) is 6.99. The number of methoxy groups -OCH3 is 1. The fourth-order valence-electron chi connectivity index (χ4n) is 3.55. The topological polar surface area (TPSA) is 13.1 Å². The molecule has 2 heteroatoms. The minimum Gasteiger partial charge on any atom is -0.324 e. The summed E-state index contributed by atoms with van der Waals surface area (Å²) in [7, 11) is 1.84. The normalized spacial score (nSPS) is 12.6. The van der Waals surface area contributed by atoms with Gasteiger partial charge in [-0.25, -0.2) is 0 Å². The van der Waals surface area contributed by atoms with E-state index in [-0.39, 0.29) is 6.23 Å². The lowest BCUT2D eigenvalue weighted by molar-refractivity contribution is -0.771. The van der Waals surface area contributed by atoms with Crippen LogP contribution in [-0.4, -0.2) is 7.11 Å². The molecule has 132 valence electrons. The smallest absolute Gasteiger partial charge is 0.262 e. The van der Waals surface area contributed by atoms with E-state index in [0.29, 0.717) is 0 Å². The van der Waals surface area contributed by atoms with Crippen molar-refractivity contribution in [3.8, 4) is 0 Å². The predicted octanol–water partition coefficient (Wildman–Crippen LogP) is 5.97. The summed E-state index contributed by atoms with van der Waals surface area (Å²) in [4.78, 5) is 0. The molecule has 0 bridgehead atoms. The number of nitrogens with zero attached hydrogens (tertiary/aromatic N) is 1. The van der Waals surface area contributed by atoms with Crippen LogP contribution in [0.3, 0.4) is 0 Å². The highest BCUT2D eigenvalue weighted by molar-refractivity contribution is 5.13. The van der Waals surface area contributed by atoms with Crippen LogP contribution >= 0.6 is 0 Å². The average Bonchev–Trinajstić information content (AvgIpc) is 2.50. The van der Waals surface area contributed by atoms with E-state index < -0.39 is 0 Å². The third kappa shape index (κ3) is 7.48. The van der Waals surface area contributed by atoms with Crippen molar-refractivity contribution in [2.24, 2.45) is 0 Å². The average molecular weight is 321 g/mol. The molecule has 1 rings (SSSR count). The maximum atomic E-state index is 5.77. The first-order valence-corrected chi connectivity index (χ1v) is 9.62. The summed E-state index contributed by atoms with van der Waals surface area (Å²) in [6.45, 7) is 8.80. The van der Waals surface area contributed by atoms with E-state index in [4.69, 9.17) is 4.74 Å². The molecule has 23 heavy (non-hydrogen) atoms. The standard InChI is InChI=1S/C21H38NO/c1-6-7-8-9-10-11-12-13-14-15-21(23-5)22-19(3)16-18(2)17-20(22)4/h16-17,21H,6-15H2,1-5H3/q+1. The SMILES string of the molecule is CCCCCCCCCCCC(OC)[n+]1c(C)cc(C)cc1C. The van der Waals surface area contributed by atoms with Crippen LogP contribution in [0.4, 0.5) is 0 Å². The molecule has 0 aliphatic carbocycles. The number of rotatable bonds is 12. The minimum absolute atomic E-state index is 0.181. The number of unbranched alkanes of at least 4 members (excludes halogenated alkanes) is 8. The maximum absolute atomic E-state index is 5.77. The highest BCUT2D eigenvalue weighted by Gasteiger charge is 2.22. The van der Waals surface area contributed by atoms with Crippen LogP contribution < -0.4 is 4.57 Å². The zero-order valence-electron chi connectivity index (χ0n) is 16.2. The monoisotopic (exact) mass is 320 g/mol. The summed E-state index contributed by atoms with van der Waals surface area (Å²) in [5, 5.41) is 0.